The second-order valence-corrected chi connectivity index (χ2v) is 7.43. The van der Waals surface area contributed by atoms with Gasteiger partial charge in [0.1, 0.15) is 11.5 Å². The standard InChI is InChI=1S/C23H19Cl2NO4/c1-14-4-3-5-15(2)22(14)29-13-21(27)30-18-9-6-16(7-10-18)23(28)26-20-12-17(24)8-11-19(20)25/h3-12H,13H2,1-2H3,(H,26,28). The highest BCUT2D eigenvalue weighted by atomic mass is 35.5. The third-order valence-electron chi connectivity index (χ3n) is 4.27. The maximum atomic E-state index is 12.4. The van der Waals surface area contributed by atoms with E-state index < -0.39 is 5.97 Å². The van der Waals surface area contributed by atoms with Crippen molar-refractivity contribution in [2.45, 2.75) is 13.8 Å². The zero-order valence-corrected chi connectivity index (χ0v) is 17.9. The van der Waals surface area contributed by atoms with Crippen LogP contribution >= 0.6 is 23.2 Å². The molecule has 0 aliphatic heterocycles. The Morgan fingerprint density at radius 2 is 1.60 bits per heavy atom. The summed E-state index contributed by atoms with van der Waals surface area (Å²) in [6.07, 6.45) is 0. The fraction of sp³-hybridized carbons (Fsp3) is 0.130. The van der Waals surface area contributed by atoms with Gasteiger partial charge in [-0.25, -0.2) is 4.79 Å². The third kappa shape index (κ3) is 5.53. The van der Waals surface area contributed by atoms with E-state index in [1.54, 1.807) is 30.3 Å². The number of rotatable bonds is 6. The summed E-state index contributed by atoms with van der Waals surface area (Å²) >= 11 is 12.0. The van der Waals surface area contributed by atoms with E-state index in [9.17, 15) is 9.59 Å². The van der Waals surface area contributed by atoms with Gasteiger partial charge in [-0.05, 0) is 67.4 Å². The molecule has 3 rings (SSSR count). The second-order valence-electron chi connectivity index (χ2n) is 6.59. The summed E-state index contributed by atoms with van der Waals surface area (Å²) in [6, 6.07) is 16.7. The highest BCUT2D eigenvalue weighted by Gasteiger charge is 2.12. The van der Waals surface area contributed by atoms with Crippen molar-refractivity contribution in [1.82, 2.24) is 0 Å². The lowest BCUT2D eigenvalue weighted by molar-refractivity contribution is -0.136. The number of esters is 1. The molecular weight excluding hydrogens is 425 g/mol. The summed E-state index contributed by atoms with van der Waals surface area (Å²) in [5.41, 5.74) is 2.67. The van der Waals surface area contributed by atoms with E-state index in [1.807, 2.05) is 32.0 Å². The predicted octanol–water partition coefficient (Wildman–Crippen LogP) is 5.85. The van der Waals surface area contributed by atoms with Crippen molar-refractivity contribution in [2.75, 3.05) is 11.9 Å². The molecule has 0 aromatic heterocycles. The van der Waals surface area contributed by atoms with Crippen LogP contribution in [0.2, 0.25) is 10.0 Å². The molecule has 0 spiro atoms. The van der Waals surface area contributed by atoms with E-state index in [-0.39, 0.29) is 12.5 Å². The van der Waals surface area contributed by atoms with E-state index in [1.165, 1.54) is 12.1 Å². The molecule has 3 aromatic rings. The molecule has 0 saturated carbocycles. The molecule has 1 N–H and O–H groups in total. The van der Waals surface area contributed by atoms with E-state index in [0.717, 1.165) is 11.1 Å². The normalized spacial score (nSPS) is 10.4. The van der Waals surface area contributed by atoms with Crippen molar-refractivity contribution in [3.05, 3.63) is 87.4 Å². The number of aryl methyl sites for hydroxylation is 2. The summed E-state index contributed by atoms with van der Waals surface area (Å²) < 4.78 is 10.9. The zero-order chi connectivity index (χ0) is 21.7. The smallest absolute Gasteiger partial charge is 0.349 e. The first kappa shape index (κ1) is 21.7. The first-order valence-electron chi connectivity index (χ1n) is 9.09. The van der Waals surface area contributed by atoms with Crippen LogP contribution < -0.4 is 14.8 Å². The van der Waals surface area contributed by atoms with Crippen LogP contribution in [0.5, 0.6) is 11.5 Å². The number of halogens is 2. The van der Waals surface area contributed by atoms with E-state index in [4.69, 9.17) is 32.7 Å². The highest BCUT2D eigenvalue weighted by molar-refractivity contribution is 6.35. The fourth-order valence-electron chi connectivity index (χ4n) is 2.78. The Morgan fingerprint density at radius 3 is 2.27 bits per heavy atom. The average molecular weight is 444 g/mol. The van der Waals surface area contributed by atoms with Gasteiger partial charge in [0, 0.05) is 10.6 Å². The van der Waals surface area contributed by atoms with Crippen molar-refractivity contribution < 1.29 is 19.1 Å². The molecule has 7 heteroatoms. The van der Waals surface area contributed by atoms with Gasteiger partial charge in [-0.15, -0.1) is 0 Å². The van der Waals surface area contributed by atoms with E-state index in [2.05, 4.69) is 5.32 Å². The van der Waals surface area contributed by atoms with E-state index in [0.29, 0.717) is 32.8 Å². The Labute approximate surface area is 184 Å². The van der Waals surface area contributed by atoms with E-state index >= 15 is 0 Å². The lowest BCUT2D eigenvalue weighted by Gasteiger charge is -2.11. The molecule has 5 nitrogen and oxygen atoms in total. The van der Waals surface area contributed by atoms with Crippen molar-refractivity contribution in [3.8, 4) is 11.5 Å². The van der Waals surface area contributed by atoms with Crippen LogP contribution in [0.3, 0.4) is 0 Å². The lowest BCUT2D eigenvalue weighted by atomic mass is 10.1. The van der Waals surface area contributed by atoms with Crippen LogP contribution in [0, 0.1) is 13.8 Å². The van der Waals surface area contributed by atoms with Gasteiger partial charge < -0.3 is 14.8 Å². The number of anilines is 1. The van der Waals surface area contributed by atoms with Crippen molar-refractivity contribution in [2.24, 2.45) is 0 Å². The van der Waals surface area contributed by atoms with Crippen molar-refractivity contribution in [3.63, 3.8) is 0 Å². The minimum atomic E-state index is -0.541. The number of benzene rings is 3. The summed E-state index contributed by atoms with van der Waals surface area (Å²) in [6.45, 7) is 3.60. The van der Waals surface area contributed by atoms with Gasteiger partial charge in [0.25, 0.3) is 5.91 Å². The van der Waals surface area contributed by atoms with Gasteiger partial charge in [0.2, 0.25) is 0 Å². The quantitative estimate of drug-likeness (QED) is 0.383. The maximum absolute atomic E-state index is 12.4. The Hall–Kier alpha value is -3.02. The number of ether oxygens (including phenoxy) is 2. The molecule has 0 aliphatic rings. The number of carbonyl (C=O) groups is 2. The fourth-order valence-corrected chi connectivity index (χ4v) is 3.12. The molecule has 0 unspecified atom stereocenters. The molecular formula is C23H19Cl2NO4. The number of amides is 1. The Balaban J connectivity index is 1.58. The monoisotopic (exact) mass is 443 g/mol. The lowest BCUT2D eigenvalue weighted by Crippen LogP contribution is -2.18. The molecule has 0 bridgehead atoms. The molecule has 1 amide bonds. The van der Waals surface area contributed by atoms with Crippen LogP contribution in [0.15, 0.2) is 60.7 Å². The van der Waals surface area contributed by atoms with Gasteiger partial charge in [-0.3, -0.25) is 4.79 Å². The summed E-state index contributed by atoms with van der Waals surface area (Å²) in [4.78, 5) is 24.5. The van der Waals surface area contributed by atoms with Crippen LogP contribution in [0.4, 0.5) is 5.69 Å². The van der Waals surface area contributed by atoms with Crippen molar-refractivity contribution >= 4 is 40.8 Å². The molecule has 0 heterocycles. The predicted molar refractivity (Wildman–Crippen MR) is 118 cm³/mol. The van der Waals surface area contributed by atoms with Gasteiger partial charge in [0.15, 0.2) is 6.61 Å². The molecule has 0 aliphatic carbocycles. The van der Waals surface area contributed by atoms with Crippen LogP contribution in [-0.2, 0) is 4.79 Å². The number of carbonyl (C=O) groups excluding carboxylic acids is 2. The van der Waals surface area contributed by atoms with Gasteiger partial charge in [0.05, 0.1) is 10.7 Å². The molecule has 0 radical (unpaired) electrons. The first-order valence-corrected chi connectivity index (χ1v) is 9.85. The zero-order valence-electron chi connectivity index (χ0n) is 16.4. The number of para-hydroxylation sites is 1. The van der Waals surface area contributed by atoms with Gasteiger partial charge >= 0.3 is 5.97 Å². The Kier molecular flexibility index (Phi) is 6.98. The number of hydrogen-bond acceptors (Lipinski definition) is 4. The van der Waals surface area contributed by atoms with Crippen LogP contribution in [-0.4, -0.2) is 18.5 Å². The van der Waals surface area contributed by atoms with Gasteiger partial charge in [-0.2, -0.15) is 0 Å². The third-order valence-corrected chi connectivity index (χ3v) is 4.83. The van der Waals surface area contributed by atoms with Crippen molar-refractivity contribution in [1.29, 1.82) is 0 Å². The minimum absolute atomic E-state index is 0.221. The number of hydrogen-bond donors (Lipinski definition) is 1. The summed E-state index contributed by atoms with van der Waals surface area (Å²) in [5.74, 6) is 0.0690. The molecule has 0 atom stereocenters. The van der Waals surface area contributed by atoms with Crippen LogP contribution in [0.1, 0.15) is 21.5 Å². The molecule has 30 heavy (non-hydrogen) atoms. The Bertz CT molecular complexity index is 1060. The first-order chi connectivity index (χ1) is 14.3. The second kappa shape index (κ2) is 9.65. The highest BCUT2D eigenvalue weighted by Crippen LogP contribution is 2.26. The topological polar surface area (TPSA) is 64.6 Å². The van der Waals surface area contributed by atoms with Gasteiger partial charge in [-0.1, -0.05) is 41.4 Å². The minimum Gasteiger partial charge on any atom is -0.481 e. The molecule has 154 valence electrons. The number of nitrogens with one attached hydrogen (secondary N) is 1. The van der Waals surface area contributed by atoms with Crippen LogP contribution in [0.25, 0.3) is 0 Å². The summed E-state index contributed by atoms with van der Waals surface area (Å²) in [7, 11) is 0. The molecule has 0 saturated heterocycles. The average Bonchev–Trinajstić information content (AvgIpc) is 2.71. The summed E-state index contributed by atoms with van der Waals surface area (Å²) in [5, 5.41) is 3.53. The largest absolute Gasteiger partial charge is 0.481 e. The molecule has 0 fully saturated rings. The SMILES string of the molecule is Cc1cccc(C)c1OCC(=O)Oc1ccc(C(=O)Nc2cc(Cl)ccc2Cl)cc1. The molecule has 3 aromatic carbocycles. The Morgan fingerprint density at radius 1 is 0.933 bits per heavy atom. The maximum Gasteiger partial charge on any atom is 0.349 e.